The van der Waals surface area contributed by atoms with Gasteiger partial charge in [0.25, 0.3) is 0 Å². The van der Waals surface area contributed by atoms with Gasteiger partial charge in [-0.15, -0.1) is 6.08 Å². The predicted octanol–water partition coefficient (Wildman–Crippen LogP) is -0.334. The molecule has 4 nitrogen and oxygen atoms in total. The molecule has 1 aliphatic rings. The molecule has 0 aromatic heterocycles. The zero-order valence-corrected chi connectivity index (χ0v) is 12.1. The van der Waals surface area contributed by atoms with Gasteiger partial charge in [-0.05, 0) is 13.8 Å². The van der Waals surface area contributed by atoms with Gasteiger partial charge in [-0.1, -0.05) is 23.8 Å². The first-order valence-corrected chi connectivity index (χ1v) is 5.70. The van der Waals surface area contributed by atoms with Crippen molar-refractivity contribution in [2.24, 2.45) is 0 Å². The number of rotatable bonds is 4. The number of ether oxygens (including phenoxy) is 4. The van der Waals surface area contributed by atoms with Crippen LogP contribution in [0.5, 0.6) is 17.2 Å². The van der Waals surface area contributed by atoms with Gasteiger partial charge in [-0.2, -0.15) is 0 Å². The van der Waals surface area contributed by atoms with Crippen LogP contribution < -0.4 is 33.1 Å². The van der Waals surface area contributed by atoms with Crippen molar-refractivity contribution in [1.29, 1.82) is 0 Å². The number of hydrogen-bond donors (Lipinski definition) is 0. The quantitative estimate of drug-likeness (QED) is 0.420. The van der Waals surface area contributed by atoms with Gasteiger partial charge in [0.2, 0.25) is 0 Å². The second-order valence-electron chi connectivity index (χ2n) is 4.53. The van der Waals surface area contributed by atoms with E-state index >= 15 is 0 Å². The molecular weight excluding hydrogens is 239 g/mol. The van der Waals surface area contributed by atoms with Crippen molar-refractivity contribution in [2.75, 3.05) is 21.0 Å². The topological polar surface area (TPSA) is 36.9 Å². The van der Waals surface area contributed by atoms with Gasteiger partial charge in [0, 0.05) is 24.4 Å². The number of hydrogen-bond acceptors (Lipinski definition) is 4. The second-order valence-corrected chi connectivity index (χ2v) is 4.53. The monoisotopic (exact) mass is 256 g/mol. The first kappa shape index (κ1) is 16.0. The summed E-state index contributed by atoms with van der Waals surface area (Å²) in [6.45, 7) is 4.15. The second kappa shape index (κ2) is 6.38. The van der Waals surface area contributed by atoms with E-state index in [-0.39, 0.29) is 31.3 Å². The zero-order chi connectivity index (χ0) is 13.2. The van der Waals surface area contributed by atoms with E-state index in [0.717, 1.165) is 11.3 Å². The van der Waals surface area contributed by atoms with Crippen LogP contribution in [-0.2, 0) is 4.74 Å². The van der Waals surface area contributed by atoms with Gasteiger partial charge in [0.1, 0.15) is 5.60 Å². The molecule has 0 fully saturated rings. The molecule has 1 aromatic rings. The molecular formula is C14H17LiO4. The molecule has 5 heteroatoms. The molecule has 0 aliphatic carbocycles. The van der Waals surface area contributed by atoms with Gasteiger partial charge in [0.05, 0.1) is 7.11 Å². The fourth-order valence-electron chi connectivity index (χ4n) is 1.73. The molecule has 0 N–H and O–H groups in total. The molecule has 1 heterocycles. The fraction of sp³-hybridized carbons (Fsp3) is 0.429. The molecule has 19 heavy (non-hydrogen) atoms. The maximum Gasteiger partial charge on any atom is 1.00 e. The molecule has 0 saturated carbocycles. The van der Waals surface area contributed by atoms with Gasteiger partial charge in [-0.3, -0.25) is 0 Å². The molecule has 2 rings (SSSR count). The molecule has 98 valence electrons. The Labute approximate surface area is 125 Å². The third-order valence-corrected chi connectivity index (χ3v) is 2.57. The van der Waals surface area contributed by atoms with Crippen LogP contribution in [0, 0.1) is 6.07 Å². The maximum atomic E-state index is 5.87. The molecule has 1 aromatic carbocycles. The van der Waals surface area contributed by atoms with Gasteiger partial charge in [-0.25, -0.2) is 0 Å². The molecule has 0 radical (unpaired) electrons. The maximum absolute atomic E-state index is 5.87. The van der Waals surface area contributed by atoms with Crippen LogP contribution in [0.15, 0.2) is 12.1 Å². The van der Waals surface area contributed by atoms with Crippen LogP contribution in [0.4, 0.5) is 0 Å². The summed E-state index contributed by atoms with van der Waals surface area (Å²) in [4.78, 5) is 0. The molecule has 0 atom stereocenters. The molecule has 0 saturated heterocycles. The summed E-state index contributed by atoms with van der Waals surface area (Å²) in [5.41, 5.74) is 0.541. The third kappa shape index (κ3) is 3.70. The standard InChI is InChI=1S/C14H17O4.Li/c1-14(2)6-5-11-12(16-4)7-10(17-9-15-3)8-13(11)18-14;/h5-6,8H,9H2,1-4H3;/q-1;+1. The van der Waals surface area contributed by atoms with Crippen molar-refractivity contribution < 1.29 is 37.8 Å². The Kier molecular flexibility index (Phi) is 5.36. The Bertz CT molecular complexity index is 469. The molecule has 1 aliphatic heterocycles. The first-order chi connectivity index (χ1) is 8.55. The smallest absolute Gasteiger partial charge is 0.522 e. The van der Waals surface area contributed by atoms with Crippen molar-refractivity contribution in [3.05, 3.63) is 23.8 Å². The Balaban J connectivity index is 0.00000180. The van der Waals surface area contributed by atoms with E-state index in [1.54, 1.807) is 20.3 Å². The Hall–Kier alpha value is -1.08. The van der Waals surface area contributed by atoms with Crippen molar-refractivity contribution in [2.45, 2.75) is 19.4 Å². The normalized spacial score (nSPS) is 14.9. The minimum atomic E-state index is -0.335. The van der Waals surface area contributed by atoms with Crippen LogP contribution in [0.3, 0.4) is 0 Å². The van der Waals surface area contributed by atoms with E-state index in [9.17, 15) is 0 Å². The van der Waals surface area contributed by atoms with E-state index in [1.807, 2.05) is 26.0 Å². The van der Waals surface area contributed by atoms with E-state index in [0.29, 0.717) is 11.5 Å². The van der Waals surface area contributed by atoms with Crippen LogP contribution in [0.25, 0.3) is 6.08 Å². The predicted molar refractivity (Wildman–Crippen MR) is 68.1 cm³/mol. The zero-order valence-electron chi connectivity index (χ0n) is 12.1. The number of benzene rings is 1. The summed E-state index contributed by atoms with van der Waals surface area (Å²) >= 11 is 0. The SMILES string of the molecule is COCOc1[c-]c(OC)c2c(c1)OC(C)(C)C=C2.[Li+]. The minimum absolute atomic E-state index is 0. The molecule has 0 spiro atoms. The van der Waals surface area contributed by atoms with Crippen LogP contribution in [0.1, 0.15) is 19.4 Å². The Morgan fingerprint density at radius 3 is 2.68 bits per heavy atom. The number of fused-ring (bicyclic) bond motifs is 1. The minimum Gasteiger partial charge on any atom is -0.522 e. The van der Waals surface area contributed by atoms with E-state index < -0.39 is 0 Å². The molecule has 0 bridgehead atoms. The Morgan fingerprint density at radius 2 is 2.05 bits per heavy atom. The van der Waals surface area contributed by atoms with Crippen molar-refractivity contribution in [1.82, 2.24) is 0 Å². The van der Waals surface area contributed by atoms with Crippen molar-refractivity contribution in [3.8, 4) is 17.2 Å². The Morgan fingerprint density at radius 1 is 1.32 bits per heavy atom. The largest absolute Gasteiger partial charge is 1.00 e. The van der Waals surface area contributed by atoms with Crippen molar-refractivity contribution >= 4 is 6.08 Å². The molecule has 0 unspecified atom stereocenters. The van der Waals surface area contributed by atoms with Gasteiger partial charge in [0.15, 0.2) is 6.79 Å². The van der Waals surface area contributed by atoms with Crippen LogP contribution in [0.2, 0.25) is 0 Å². The summed E-state index contributed by atoms with van der Waals surface area (Å²) < 4.78 is 21.4. The summed E-state index contributed by atoms with van der Waals surface area (Å²) in [7, 11) is 3.16. The first-order valence-electron chi connectivity index (χ1n) is 5.70. The average molecular weight is 256 g/mol. The number of methoxy groups -OCH3 is 2. The van der Waals surface area contributed by atoms with Crippen LogP contribution >= 0.6 is 0 Å². The molecule has 0 amide bonds. The van der Waals surface area contributed by atoms with E-state index in [4.69, 9.17) is 18.9 Å². The van der Waals surface area contributed by atoms with E-state index in [1.165, 1.54) is 0 Å². The van der Waals surface area contributed by atoms with Gasteiger partial charge >= 0.3 is 18.9 Å². The van der Waals surface area contributed by atoms with Crippen LogP contribution in [-0.4, -0.2) is 26.6 Å². The summed E-state index contributed by atoms with van der Waals surface area (Å²) in [5, 5.41) is 0. The summed E-state index contributed by atoms with van der Waals surface area (Å²) in [6.07, 6.45) is 3.97. The van der Waals surface area contributed by atoms with E-state index in [2.05, 4.69) is 6.07 Å². The fourth-order valence-corrected chi connectivity index (χ4v) is 1.73. The summed E-state index contributed by atoms with van der Waals surface area (Å²) in [6, 6.07) is 4.82. The van der Waals surface area contributed by atoms with Gasteiger partial charge < -0.3 is 18.9 Å². The third-order valence-electron chi connectivity index (χ3n) is 2.57. The summed E-state index contributed by atoms with van der Waals surface area (Å²) in [5.74, 6) is 1.87. The average Bonchev–Trinajstić information content (AvgIpc) is 2.33. The van der Waals surface area contributed by atoms with Crippen molar-refractivity contribution in [3.63, 3.8) is 0 Å².